The molecule has 0 bridgehead atoms. The number of nitrogens with zero attached hydrogens (tertiary/aromatic N) is 4. The third-order valence-corrected chi connectivity index (χ3v) is 5.57. The Balaban J connectivity index is 1.62. The molecule has 0 aliphatic heterocycles. The maximum atomic E-state index is 10.9. The molecule has 1 heterocycles. The molecule has 0 spiro atoms. The van der Waals surface area contributed by atoms with E-state index in [1.807, 2.05) is 30.3 Å². The highest BCUT2D eigenvalue weighted by atomic mass is 32.2. The molecule has 4 aromatic rings. The van der Waals surface area contributed by atoms with Crippen molar-refractivity contribution in [3.05, 3.63) is 110 Å². The standard InChI is InChI=1S/C23H16N4O5S/c28-26(29)19-10-6-16(7-11-19)14-24-22-23(33-15-17-4-2-1-3-5-17)25-21(32-22)18-8-12-20(13-9-18)27(30)31/h1-14H,15H2. The van der Waals surface area contributed by atoms with E-state index in [-0.39, 0.29) is 23.1 Å². The van der Waals surface area contributed by atoms with Crippen LogP contribution in [0.3, 0.4) is 0 Å². The van der Waals surface area contributed by atoms with Crippen molar-refractivity contribution in [3.8, 4) is 11.5 Å². The molecule has 0 aliphatic rings. The third kappa shape index (κ3) is 5.49. The fourth-order valence-electron chi connectivity index (χ4n) is 2.86. The fourth-order valence-corrected chi connectivity index (χ4v) is 3.73. The predicted molar refractivity (Wildman–Crippen MR) is 125 cm³/mol. The van der Waals surface area contributed by atoms with Crippen LogP contribution < -0.4 is 0 Å². The molecule has 0 fully saturated rings. The van der Waals surface area contributed by atoms with Crippen LogP contribution in [0.4, 0.5) is 17.3 Å². The molecular formula is C23H16N4O5S. The van der Waals surface area contributed by atoms with Gasteiger partial charge >= 0.3 is 0 Å². The van der Waals surface area contributed by atoms with Crippen molar-refractivity contribution in [1.82, 2.24) is 4.98 Å². The lowest BCUT2D eigenvalue weighted by molar-refractivity contribution is -0.385. The quantitative estimate of drug-likeness (QED) is 0.133. The summed E-state index contributed by atoms with van der Waals surface area (Å²) in [6.07, 6.45) is 1.54. The Kier molecular flexibility index (Phi) is 6.56. The first-order chi connectivity index (χ1) is 16.0. The molecule has 4 rings (SSSR count). The minimum Gasteiger partial charge on any atom is -0.417 e. The summed E-state index contributed by atoms with van der Waals surface area (Å²) >= 11 is 1.45. The Hall–Kier alpha value is -4.31. The first-order valence-corrected chi connectivity index (χ1v) is 10.7. The molecule has 33 heavy (non-hydrogen) atoms. The van der Waals surface area contributed by atoms with Crippen molar-refractivity contribution >= 4 is 35.2 Å². The molecule has 0 aliphatic carbocycles. The number of nitro groups is 2. The number of nitro benzene ring substituents is 2. The van der Waals surface area contributed by atoms with Crippen molar-refractivity contribution < 1.29 is 14.3 Å². The number of non-ortho nitro benzene ring substituents is 2. The monoisotopic (exact) mass is 460 g/mol. The van der Waals surface area contributed by atoms with Gasteiger partial charge in [-0.05, 0) is 35.4 Å². The van der Waals surface area contributed by atoms with Crippen molar-refractivity contribution in [3.63, 3.8) is 0 Å². The van der Waals surface area contributed by atoms with Gasteiger partial charge in [-0.15, -0.1) is 0 Å². The zero-order chi connectivity index (χ0) is 23.2. The second-order valence-corrected chi connectivity index (χ2v) is 7.78. The minimum atomic E-state index is -0.472. The Labute approximate surface area is 192 Å². The highest BCUT2D eigenvalue weighted by molar-refractivity contribution is 7.98. The van der Waals surface area contributed by atoms with Crippen molar-refractivity contribution in [2.75, 3.05) is 0 Å². The number of hydrogen-bond acceptors (Lipinski definition) is 8. The van der Waals surface area contributed by atoms with Gasteiger partial charge in [0.1, 0.15) is 0 Å². The van der Waals surface area contributed by atoms with E-state index in [0.29, 0.717) is 21.9 Å². The molecule has 164 valence electrons. The number of benzene rings is 3. The Morgan fingerprint density at radius 1 is 0.879 bits per heavy atom. The molecule has 9 nitrogen and oxygen atoms in total. The number of aliphatic imine (C=N–C) groups is 1. The summed E-state index contributed by atoms with van der Waals surface area (Å²) < 4.78 is 5.87. The summed E-state index contributed by atoms with van der Waals surface area (Å²) in [6.45, 7) is 0. The Morgan fingerprint density at radius 3 is 2.09 bits per heavy atom. The maximum absolute atomic E-state index is 10.9. The van der Waals surface area contributed by atoms with Crippen LogP contribution in [0.15, 0.2) is 93.3 Å². The van der Waals surface area contributed by atoms with E-state index in [1.165, 1.54) is 42.2 Å². The van der Waals surface area contributed by atoms with E-state index in [4.69, 9.17) is 4.42 Å². The van der Waals surface area contributed by atoms with E-state index >= 15 is 0 Å². The van der Waals surface area contributed by atoms with Gasteiger partial charge in [-0.1, -0.05) is 42.1 Å². The highest BCUT2D eigenvalue weighted by Crippen LogP contribution is 2.36. The Morgan fingerprint density at radius 2 is 1.48 bits per heavy atom. The molecule has 10 heteroatoms. The summed E-state index contributed by atoms with van der Waals surface area (Å²) in [5.74, 6) is 1.21. The summed E-state index contributed by atoms with van der Waals surface area (Å²) in [6, 6.07) is 21.7. The smallest absolute Gasteiger partial charge is 0.269 e. The largest absolute Gasteiger partial charge is 0.417 e. The van der Waals surface area contributed by atoms with E-state index in [1.54, 1.807) is 24.3 Å². The molecule has 0 atom stereocenters. The van der Waals surface area contributed by atoms with Gasteiger partial charge < -0.3 is 4.42 Å². The maximum Gasteiger partial charge on any atom is 0.269 e. The molecule has 1 aromatic heterocycles. The van der Waals surface area contributed by atoms with Gasteiger partial charge in [0.15, 0.2) is 5.03 Å². The fraction of sp³-hybridized carbons (Fsp3) is 0.0435. The van der Waals surface area contributed by atoms with E-state index in [2.05, 4.69) is 9.98 Å². The molecule has 0 saturated carbocycles. The molecule has 0 amide bonds. The van der Waals surface area contributed by atoms with Crippen LogP contribution in [0.25, 0.3) is 11.5 Å². The lowest BCUT2D eigenvalue weighted by Gasteiger charge is -1.99. The highest BCUT2D eigenvalue weighted by Gasteiger charge is 2.16. The molecule has 3 aromatic carbocycles. The van der Waals surface area contributed by atoms with Crippen LogP contribution in [-0.4, -0.2) is 21.0 Å². The van der Waals surface area contributed by atoms with E-state index < -0.39 is 9.85 Å². The molecular weight excluding hydrogens is 444 g/mol. The van der Waals surface area contributed by atoms with E-state index in [9.17, 15) is 20.2 Å². The van der Waals surface area contributed by atoms with Crippen LogP contribution in [-0.2, 0) is 5.75 Å². The van der Waals surface area contributed by atoms with Gasteiger partial charge in [0, 0.05) is 41.8 Å². The van der Waals surface area contributed by atoms with Crippen LogP contribution in [0.1, 0.15) is 11.1 Å². The number of rotatable bonds is 8. The topological polar surface area (TPSA) is 125 Å². The number of thioether (sulfide) groups is 1. The first kappa shape index (κ1) is 21.9. The lowest BCUT2D eigenvalue weighted by atomic mass is 10.2. The average molecular weight is 460 g/mol. The van der Waals surface area contributed by atoms with Gasteiger partial charge in [-0.25, -0.2) is 9.98 Å². The summed E-state index contributed by atoms with van der Waals surface area (Å²) in [7, 11) is 0. The summed E-state index contributed by atoms with van der Waals surface area (Å²) in [4.78, 5) is 29.7. The lowest BCUT2D eigenvalue weighted by Crippen LogP contribution is -1.88. The number of aromatic nitrogens is 1. The number of oxazole rings is 1. The van der Waals surface area contributed by atoms with Gasteiger partial charge in [0.2, 0.25) is 5.89 Å². The third-order valence-electron chi connectivity index (χ3n) is 4.56. The molecule has 0 unspecified atom stereocenters. The zero-order valence-electron chi connectivity index (χ0n) is 17.0. The second kappa shape index (κ2) is 9.88. The van der Waals surface area contributed by atoms with Crippen LogP contribution in [0.2, 0.25) is 0 Å². The second-order valence-electron chi connectivity index (χ2n) is 6.81. The van der Waals surface area contributed by atoms with Crippen molar-refractivity contribution in [2.24, 2.45) is 4.99 Å². The van der Waals surface area contributed by atoms with Gasteiger partial charge in [0.05, 0.1) is 9.85 Å². The molecule has 0 saturated heterocycles. The van der Waals surface area contributed by atoms with Crippen LogP contribution in [0, 0.1) is 20.2 Å². The molecule has 0 N–H and O–H groups in total. The minimum absolute atomic E-state index is 0.00798. The normalized spacial score (nSPS) is 11.0. The molecule has 0 radical (unpaired) electrons. The zero-order valence-corrected chi connectivity index (χ0v) is 17.8. The predicted octanol–water partition coefficient (Wildman–Crippen LogP) is 6.20. The van der Waals surface area contributed by atoms with Crippen molar-refractivity contribution in [1.29, 1.82) is 0 Å². The number of hydrogen-bond donors (Lipinski definition) is 0. The van der Waals surface area contributed by atoms with Crippen molar-refractivity contribution in [2.45, 2.75) is 10.8 Å². The Bertz CT molecular complexity index is 1300. The first-order valence-electron chi connectivity index (χ1n) is 9.70. The van der Waals surface area contributed by atoms with E-state index in [0.717, 1.165) is 5.56 Å². The summed E-state index contributed by atoms with van der Waals surface area (Å²) in [5, 5.41) is 22.3. The average Bonchev–Trinajstić information content (AvgIpc) is 3.25. The SMILES string of the molecule is O=[N+]([O-])c1ccc(C=Nc2oc(-c3ccc([N+](=O)[O-])cc3)nc2SCc2ccccc2)cc1. The van der Waals surface area contributed by atoms with Gasteiger partial charge in [-0.2, -0.15) is 0 Å². The van der Waals surface area contributed by atoms with Gasteiger partial charge in [0.25, 0.3) is 17.3 Å². The van der Waals surface area contributed by atoms with Crippen LogP contribution >= 0.6 is 11.8 Å². The summed E-state index contributed by atoms with van der Waals surface area (Å²) in [5.41, 5.74) is 2.31. The van der Waals surface area contributed by atoms with Crippen LogP contribution in [0.5, 0.6) is 0 Å². The van der Waals surface area contributed by atoms with Gasteiger partial charge in [-0.3, -0.25) is 20.2 Å².